The van der Waals surface area contributed by atoms with Crippen LogP contribution in [0, 0.1) is 5.92 Å². The number of rotatable bonds is 8. The number of aromatic nitrogens is 1. The van der Waals surface area contributed by atoms with E-state index in [4.69, 9.17) is 4.74 Å². The molecule has 1 rings (SSSR count). The molecule has 0 fully saturated rings. The summed E-state index contributed by atoms with van der Waals surface area (Å²) in [5.74, 6) is 1.54. The third kappa shape index (κ3) is 5.50. The summed E-state index contributed by atoms with van der Waals surface area (Å²) in [6.07, 6.45) is 4.20. The van der Waals surface area contributed by atoms with Crippen molar-refractivity contribution >= 4 is 0 Å². The van der Waals surface area contributed by atoms with Gasteiger partial charge in [-0.1, -0.05) is 27.7 Å². The Labute approximate surface area is 111 Å². The highest BCUT2D eigenvalue weighted by Gasteiger charge is 2.05. The number of hydrogen-bond acceptors (Lipinski definition) is 3. The Hall–Kier alpha value is -1.09. The molecule has 0 aromatic carbocycles. The molecule has 3 heteroatoms. The van der Waals surface area contributed by atoms with Gasteiger partial charge in [0.2, 0.25) is 0 Å². The van der Waals surface area contributed by atoms with E-state index in [-0.39, 0.29) is 0 Å². The average molecular weight is 250 g/mol. The van der Waals surface area contributed by atoms with Crippen LogP contribution in [0.3, 0.4) is 0 Å². The molecule has 1 aromatic heterocycles. The summed E-state index contributed by atoms with van der Waals surface area (Å²) in [5.41, 5.74) is 1.06. The van der Waals surface area contributed by atoms with Crippen LogP contribution in [-0.2, 0) is 6.54 Å². The van der Waals surface area contributed by atoms with Crippen molar-refractivity contribution in [1.82, 2.24) is 10.3 Å². The van der Waals surface area contributed by atoms with Crippen molar-refractivity contribution in [2.24, 2.45) is 5.92 Å². The zero-order chi connectivity index (χ0) is 13.4. The van der Waals surface area contributed by atoms with Crippen LogP contribution in [0.4, 0.5) is 0 Å². The lowest BCUT2D eigenvalue weighted by Gasteiger charge is -2.15. The quantitative estimate of drug-likeness (QED) is 0.768. The molecule has 0 aliphatic carbocycles. The van der Waals surface area contributed by atoms with Gasteiger partial charge in [-0.05, 0) is 37.4 Å². The molecule has 0 atom stereocenters. The highest BCUT2D eigenvalue weighted by Crippen LogP contribution is 2.14. The Morgan fingerprint density at radius 2 is 1.94 bits per heavy atom. The molecule has 0 unspecified atom stereocenters. The Morgan fingerprint density at radius 3 is 2.44 bits per heavy atom. The molecule has 0 amide bonds. The van der Waals surface area contributed by atoms with Gasteiger partial charge in [-0.15, -0.1) is 0 Å². The summed E-state index contributed by atoms with van der Waals surface area (Å²) < 4.78 is 5.83. The predicted octanol–water partition coefficient (Wildman–Crippen LogP) is 3.39. The van der Waals surface area contributed by atoms with E-state index in [1.165, 1.54) is 0 Å². The van der Waals surface area contributed by atoms with Crippen LogP contribution in [0.1, 0.15) is 46.2 Å². The Balaban J connectivity index is 2.42. The van der Waals surface area contributed by atoms with E-state index >= 15 is 0 Å². The monoisotopic (exact) mass is 250 g/mol. The first kappa shape index (κ1) is 15.0. The molecular weight excluding hydrogens is 224 g/mol. The molecule has 3 nitrogen and oxygen atoms in total. The van der Waals surface area contributed by atoms with Crippen LogP contribution in [0.2, 0.25) is 0 Å². The second kappa shape index (κ2) is 8.09. The zero-order valence-electron chi connectivity index (χ0n) is 12.1. The van der Waals surface area contributed by atoms with Gasteiger partial charge < -0.3 is 10.1 Å². The smallest absolute Gasteiger partial charge is 0.138 e. The number of ether oxygens (including phenoxy) is 1. The van der Waals surface area contributed by atoms with Crippen molar-refractivity contribution in [3.8, 4) is 5.75 Å². The molecule has 1 aromatic rings. The van der Waals surface area contributed by atoms with Crippen molar-refractivity contribution in [1.29, 1.82) is 0 Å². The summed E-state index contributed by atoms with van der Waals surface area (Å²) >= 11 is 0. The standard InChI is InChI=1S/C15H26N2O/c1-5-14(6-2)18-15-8-7-13(17-11-15)10-16-9-12(3)4/h7-8,11-12,14,16H,5-6,9-10H2,1-4H3. The van der Waals surface area contributed by atoms with Gasteiger partial charge in [-0.25, -0.2) is 0 Å². The van der Waals surface area contributed by atoms with E-state index in [0.717, 1.165) is 37.4 Å². The highest BCUT2D eigenvalue weighted by atomic mass is 16.5. The van der Waals surface area contributed by atoms with Gasteiger partial charge in [0, 0.05) is 6.54 Å². The summed E-state index contributed by atoms with van der Waals surface area (Å²) in [5, 5.41) is 3.38. The van der Waals surface area contributed by atoms with Crippen molar-refractivity contribution in [3.63, 3.8) is 0 Å². The summed E-state index contributed by atoms with van der Waals surface area (Å²) in [7, 11) is 0. The van der Waals surface area contributed by atoms with Crippen LogP contribution in [0.5, 0.6) is 5.75 Å². The molecular formula is C15H26N2O. The van der Waals surface area contributed by atoms with Crippen molar-refractivity contribution < 1.29 is 4.74 Å². The number of nitrogens with zero attached hydrogens (tertiary/aromatic N) is 1. The van der Waals surface area contributed by atoms with E-state index in [1.54, 1.807) is 0 Å². The SMILES string of the molecule is CCC(CC)Oc1ccc(CNCC(C)C)nc1. The van der Waals surface area contributed by atoms with Gasteiger partial charge in [0.1, 0.15) is 5.75 Å². The average Bonchev–Trinajstić information content (AvgIpc) is 2.37. The van der Waals surface area contributed by atoms with Gasteiger partial charge >= 0.3 is 0 Å². The largest absolute Gasteiger partial charge is 0.489 e. The summed E-state index contributed by atoms with van der Waals surface area (Å²) in [6.45, 7) is 10.5. The number of pyridine rings is 1. The van der Waals surface area contributed by atoms with Crippen molar-refractivity contribution in [3.05, 3.63) is 24.0 Å². The number of hydrogen-bond donors (Lipinski definition) is 1. The van der Waals surface area contributed by atoms with Crippen LogP contribution in [-0.4, -0.2) is 17.6 Å². The Bertz CT molecular complexity index is 318. The topological polar surface area (TPSA) is 34.1 Å². The van der Waals surface area contributed by atoms with Crippen LogP contribution in [0.15, 0.2) is 18.3 Å². The molecule has 1 heterocycles. The highest BCUT2D eigenvalue weighted by molar-refractivity contribution is 5.20. The van der Waals surface area contributed by atoms with Gasteiger partial charge in [0.15, 0.2) is 0 Å². The zero-order valence-corrected chi connectivity index (χ0v) is 12.1. The van der Waals surface area contributed by atoms with E-state index in [1.807, 2.05) is 18.3 Å². The lowest BCUT2D eigenvalue weighted by molar-refractivity contribution is 0.192. The molecule has 102 valence electrons. The van der Waals surface area contributed by atoms with Crippen LogP contribution < -0.4 is 10.1 Å². The van der Waals surface area contributed by atoms with E-state index in [9.17, 15) is 0 Å². The fraction of sp³-hybridized carbons (Fsp3) is 0.667. The molecule has 0 spiro atoms. The van der Waals surface area contributed by atoms with E-state index < -0.39 is 0 Å². The van der Waals surface area contributed by atoms with E-state index in [2.05, 4.69) is 38.0 Å². The fourth-order valence-electron chi connectivity index (χ4n) is 1.72. The van der Waals surface area contributed by atoms with Gasteiger partial charge in [-0.3, -0.25) is 4.98 Å². The maximum Gasteiger partial charge on any atom is 0.138 e. The Kier molecular flexibility index (Phi) is 6.73. The Morgan fingerprint density at radius 1 is 1.22 bits per heavy atom. The molecule has 0 saturated heterocycles. The second-order valence-electron chi connectivity index (χ2n) is 5.07. The second-order valence-corrected chi connectivity index (χ2v) is 5.07. The molecule has 1 N–H and O–H groups in total. The van der Waals surface area contributed by atoms with Crippen molar-refractivity contribution in [2.75, 3.05) is 6.54 Å². The minimum absolute atomic E-state index is 0.303. The molecule has 0 saturated carbocycles. The summed E-state index contributed by atoms with van der Waals surface area (Å²) in [6, 6.07) is 4.04. The predicted molar refractivity (Wildman–Crippen MR) is 75.8 cm³/mol. The van der Waals surface area contributed by atoms with Gasteiger partial charge in [-0.2, -0.15) is 0 Å². The van der Waals surface area contributed by atoms with Crippen molar-refractivity contribution in [2.45, 2.75) is 53.2 Å². The van der Waals surface area contributed by atoms with Gasteiger partial charge in [0.05, 0.1) is 18.0 Å². The first-order valence-electron chi connectivity index (χ1n) is 6.98. The molecule has 0 bridgehead atoms. The minimum Gasteiger partial charge on any atom is -0.489 e. The third-order valence-electron chi connectivity index (χ3n) is 2.87. The first-order valence-corrected chi connectivity index (χ1v) is 6.98. The van der Waals surface area contributed by atoms with Crippen LogP contribution in [0.25, 0.3) is 0 Å². The molecule has 0 radical (unpaired) electrons. The molecule has 0 aliphatic rings. The summed E-state index contributed by atoms with van der Waals surface area (Å²) in [4.78, 5) is 4.41. The lowest BCUT2D eigenvalue weighted by Crippen LogP contribution is -2.19. The maximum atomic E-state index is 5.83. The lowest BCUT2D eigenvalue weighted by atomic mass is 10.2. The van der Waals surface area contributed by atoms with Crippen LogP contribution >= 0.6 is 0 Å². The maximum absolute atomic E-state index is 5.83. The first-order chi connectivity index (χ1) is 8.65. The molecule has 18 heavy (non-hydrogen) atoms. The fourth-order valence-corrected chi connectivity index (χ4v) is 1.72. The van der Waals surface area contributed by atoms with Gasteiger partial charge in [0.25, 0.3) is 0 Å². The number of nitrogens with one attached hydrogen (secondary N) is 1. The van der Waals surface area contributed by atoms with E-state index in [0.29, 0.717) is 12.0 Å². The minimum atomic E-state index is 0.303. The molecule has 0 aliphatic heterocycles. The third-order valence-corrected chi connectivity index (χ3v) is 2.87. The normalized spacial score (nSPS) is 11.2.